The highest BCUT2D eigenvalue weighted by atomic mass is 16.2. The molecule has 2 amide bonds. The smallest absolute Gasteiger partial charge is 0.246 e. The second-order valence-corrected chi connectivity index (χ2v) is 4.40. The Labute approximate surface area is 105 Å². The van der Waals surface area contributed by atoms with Crippen molar-refractivity contribution in [3.8, 4) is 0 Å². The highest BCUT2D eigenvalue weighted by Gasteiger charge is 2.38. The number of H-pyrrole nitrogens is 1. The number of carbonyl (C=O) groups excluding carboxylic acids is 2. The molecule has 2 rings (SSSR count). The van der Waals surface area contributed by atoms with E-state index in [9.17, 15) is 9.59 Å². The van der Waals surface area contributed by atoms with Gasteiger partial charge < -0.3 is 0 Å². The van der Waals surface area contributed by atoms with E-state index in [1.807, 2.05) is 13.8 Å². The Morgan fingerprint density at radius 3 is 3.00 bits per heavy atom. The summed E-state index contributed by atoms with van der Waals surface area (Å²) in [6, 6.07) is -0.597. The fraction of sp³-hybridized carbons (Fsp3) is 0.636. The van der Waals surface area contributed by atoms with E-state index in [1.54, 1.807) is 0 Å². The van der Waals surface area contributed by atoms with Crippen LogP contribution in [0.3, 0.4) is 0 Å². The van der Waals surface area contributed by atoms with E-state index in [1.165, 1.54) is 11.2 Å². The van der Waals surface area contributed by atoms with E-state index < -0.39 is 6.04 Å². The minimum Gasteiger partial charge on any atom is -0.296 e. The van der Waals surface area contributed by atoms with Crippen LogP contribution in [0.5, 0.6) is 0 Å². The number of amides is 2. The Bertz CT molecular complexity index is 431. The summed E-state index contributed by atoms with van der Waals surface area (Å²) < 4.78 is 0. The predicted molar refractivity (Wildman–Crippen MR) is 63.3 cm³/mol. The molecule has 1 aromatic heterocycles. The fourth-order valence-electron chi connectivity index (χ4n) is 2.08. The van der Waals surface area contributed by atoms with Gasteiger partial charge in [-0.3, -0.25) is 24.9 Å². The molecule has 2 heterocycles. The van der Waals surface area contributed by atoms with Gasteiger partial charge in [0.15, 0.2) is 0 Å². The number of aromatic nitrogens is 3. The molecular formula is C11H17N5O2. The van der Waals surface area contributed by atoms with Crippen LogP contribution in [0.25, 0.3) is 0 Å². The molecule has 7 nitrogen and oxygen atoms in total. The van der Waals surface area contributed by atoms with Crippen LogP contribution in [0.2, 0.25) is 0 Å². The van der Waals surface area contributed by atoms with Gasteiger partial charge in [-0.15, -0.1) is 0 Å². The van der Waals surface area contributed by atoms with Crippen LogP contribution in [-0.2, 0) is 9.59 Å². The van der Waals surface area contributed by atoms with Crippen LogP contribution < -0.4 is 5.32 Å². The topological polar surface area (TPSA) is 91.0 Å². The average Bonchev–Trinajstić information content (AvgIpc) is 2.94. The van der Waals surface area contributed by atoms with Crippen LogP contribution in [0.4, 0.5) is 0 Å². The first-order valence-corrected chi connectivity index (χ1v) is 6.09. The van der Waals surface area contributed by atoms with Crippen molar-refractivity contribution in [3.63, 3.8) is 0 Å². The zero-order valence-electron chi connectivity index (χ0n) is 10.5. The maximum atomic E-state index is 12.0. The normalized spacial score (nSPS) is 21.7. The molecule has 98 valence electrons. The predicted octanol–water partition coefficient (Wildman–Crippen LogP) is -0.00720. The molecule has 1 aliphatic rings. The van der Waals surface area contributed by atoms with Gasteiger partial charge >= 0.3 is 0 Å². The fourth-order valence-corrected chi connectivity index (χ4v) is 2.08. The van der Waals surface area contributed by atoms with Gasteiger partial charge in [0.1, 0.15) is 12.2 Å². The Kier molecular flexibility index (Phi) is 3.71. The van der Waals surface area contributed by atoms with E-state index in [0.717, 1.165) is 6.42 Å². The third-order valence-corrected chi connectivity index (χ3v) is 2.99. The molecule has 7 heteroatoms. The third-order valence-electron chi connectivity index (χ3n) is 2.99. The first-order valence-electron chi connectivity index (χ1n) is 6.09. The first-order chi connectivity index (χ1) is 8.63. The molecule has 2 unspecified atom stereocenters. The molecule has 2 atom stereocenters. The highest BCUT2D eigenvalue weighted by Crippen LogP contribution is 2.16. The van der Waals surface area contributed by atoms with Gasteiger partial charge in [0.25, 0.3) is 0 Å². The van der Waals surface area contributed by atoms with Crippen molar-refractivity contribution < 1.29 is 9.59 Å². The number of aromatic amines is 1. The van der Waals surface area contributed by atoms with E-state index in [4.69, 9.17) is 0 Å². The van der Waals surface area contributed by atoms with E-state index >= 15 is 0 Å². The molecule has 18 heavy (non-hydrogen) atoms. The van der Waals surface area contributed by atoms with Gasteiger partial charge in [-0.25, -0.2) is 4.98 Å². The van der Waals surface area contributed by atoms with E-state index in [2.05, 4.69) is 20.5 Å². The maximum Gasteiger partial charge on any atom is 0.246 e. The second-order valence-electron chi connectivity index (χ2n) is 4.40. The first kappa shape index (κ1) is 12.7. The van der Waals surface area contributed by atoms with E-state index in [-0.39, 0.29) is 24.3 Å². The molecule has 0 saturated carbocycles. The molecule has 0 aromatic carbocycles. The highest BCUT2D eigenvalue weighted by molar-refractivity contribution is 6.05. The standard InChI is InChI=1S/C11H17N5O2/c1-3-4-16-9(17)5-8(11(16)18)14-7(2)10-12-6-13-15-10/h6-8,14H,3-5H2,1-2H3,(H,12,13,15). The number of nitrogens with one attached hydrogen (secondary N) is 2. The summed E-state index contributed by atoms with van der Waals surface area (Å²) in [5, 5.41) is 9.60. The number of hydrogen-bond acceptors (Lipinski definition) is 5. The molecule has 0 radical (unpaired) electrons. The van der Waals surface area contributed by atoms with Crippen molar-refractivity contribution >= 4 is 11.8 Å². The van der Waals surface area contributed by atoms with Crippen LogP contribution >= 0.6 is 0 Å². The summed E-state index contributed by atoms with van der Waals surface area (Å²) in [5.41, 5.74) is 0. The summed E-state index contributed by atoms with van der Waals surface area (Å²) in [7, 11) is 0. The van der Waals surface area contributed by atoms with Crippen LogP contribution in [-0.4, -0.2) is 44.5 Å². The molecule has 0 aliphatic carbocycles. The number of carbonyl (C=O) groups is 2. The third kappa shape index (κ3) is 2.40. The zero-order chi connectivity index (χ0) is 13.1. The van der Waals surface area contributed by atoms with Crippen molar-refractivity contribution in [2.75, 3.05) is 6.54 Å². The molecule has 1 fully saturated rings. The summed E-state index contributed by atoms with van der Waals surface area (Å²) in [6.45, 7) is 4.31. The Balaban J connectivity index is 1.99. The molecular weight excluding hydrogens is 234 g/mol. The van der Waals surface area contributed by atoms with E-state index in [0.29, 0.717) is 12.4 Å². The molecule has 1 saturated heterocycles. The summed E-state index contributed by atoms with van der Waals surface area (Å²) in [4.78, 5) is 29.0. The zero-order valence-corrected chi connectivity index (χ0v) is 10.5. The summed E-state index contributed by atoms with van der Waals surface area (Å²) in [6.07, 6.45) is 2.41. The molecule has 1 aromatic rings. The van der Waals surface area contributed by atoms with Crippen molar-refractivity contribution in [3.05, 3.63) is 12.2 Å². The molecule has 0 spiro atoms. The van der Waals surface area contributed by atoms with Crippen LogP contribution in [0.1, 0.15) is 38.6 Å². The van der Waals surface area contributed by atoms with Gasteiger partial charge in [-0.2, -0.15) is 5.10 Å². The minimum absolute atomic E-state index is 0.107. The molecule has 1 aliphatic heterocycles. The van der Waals surface area contributed by atoms with Crippen LogP contribution in [0, 0.1) is 0 Å². The quantitative estimate of drug-likeness (QED) is 0.718. The average molecular weight is 251 g/mol. The lowest BCUT2D eigenvalue weighted by atomic mass is 10.2. The SMILES string of the molecule is CCCN1C(=O)CC(NC(C)c2ncn[nH]2)C1=O. The van der Waals surface area contributed by atoms with Crippen LogP contribution in [0.15, 0.2) is 6.33 Å². The number of likely N-dealkylation sites (tertiary alicyclic amines) is 1. The minimum atomic E-state index is -0.454. The van der Waals surface area contributed by atoms with Gasteiger partial charge in [0, 0.05) is 6.54 Å². The Morgan fingerprint density at radius 1 is 1.61 bits per heavy atom. The number of rotatable bonds is 5. The monoisotopic (exact) mass is 251 g/mol. The van der Waals surface area contributed by atoms with Gasteiger partial charge in [-0.1, -0.05) is 6.92 Å². The van der Waals surface area contributed by atoms with Gasteiger partial charge in [0.05, 0.1) is 18.5 Å². The second kappa shape index (κ2) is 5.26. The molecule has 0 bridgehead atoms. The van der Waals surface area contributed by atoms with Crippen molar-refractivity contribution in [1.29, 1.82) is 0 Å². The number of nitrogens with zero attached hydrogens (tertiary/aromatic N) is 3. The van der Waals surface area contributed by atoms with Crippen molar-refractivity contribution in [2.24, 2.45) is 0 Å². The van der Waals surface area contributed by atoms with Crippen molar-refractivity contribution in [1.82, 2.24) is 25.4 Å². The summed E-state index contributed by atoms with van der Waals surface area (Å²) >= 11 is 0. The summed E-state index contributed by atoms with van der Waals surface area (Å²) in [5.74, 6) is 0.404. The molecule has 2 N–H and O–H groups in total. The largest absolute Gasteiger partial charge is 0.296 e. The lowest BCUT2D eigenvalue weighted by molar-refractivity contribution is -0.138. The number of imide groups is 1. The Morgan fingerprint density at radius 2 is 2.39 bits per heavy atom. The van der Waals surface area contributed by atoms with Crippen molar-refractivity contribution in [2.45, 2.75) is 38.8 Å². The lowest BCUT2D eigenvalue weighted by Crippen LogP contribution is -2.40. The Hall–Kier alpha value is -1.76. The van der Waals surface area contributed by atoms with Gasteiger partial charge in [0.2, 0.25) is 11.8 Å². The van der Waals surface area contributed by atoms with Gasteiger partial charge in [-0.05, 0) is 13.3 Å². The number of hydrogen-bond donors (Lipinski definition) is 2. The lowest BCUT2D eigenvalue weighted by Gasteiger charge is -2.17. The maximum absolute atomic E-state index is 12.0.